The summed E-state index contributed by atoms with van der Waals surface area (Å²) in [7, 11) is 0. The first-order chi connectivity index (χ1) is 14.9. The Kier molecular flexibility index (Phi) is 6.46. The minimum absolute atomic E-state index is 0.0940. The maximum Gasteiger partial charge on any atom is 0.257 e. The number of anilines is 2. The highest BCUT2D eigenvalue weighted by Gasteiger charge is 2.30. The van der Waals surface area contributed by atoms with Crippen molar-refractivity contribution in [2.75, 3.05) is 36.4 Å². The summed E-state index contributed by atoms with van der Waals surface area (Å²) in [5, 5.41) is 3.66. The Labute approximate surface area is 187 Å². The van der Waals surface area contributed by atoms with Gasteiger partial charge < -0.3 is 15.1 Å². The zero-order valence-corrected chi connectivity index (χ0v) is 18.4. The molecule has 0 radical (unpaired) electrons. The molecule has 2 aliphatic heterocycles. The van der Waals surface area contributed by atoms with Gasteiger partial charge in [0.05, 0.1) is 22.2 Å². The predicted octanol–water partition coefficient (Wildman–Crippen LogP) is 4.88. The van der Waals surface area contributed by atoms with Crippen LogP contribution in [0.3, 0.4) is 0 Å². The molecule has 1 atom stereocenters. The molecule has 5 nitrogen and oxygen atoms in total. The van der Waals surface area contributed by atoms with Gasteiger partial charge in [-0.1, -0.05) is 23.7 Å². The molecule has 0 unspecified atom stereocenters. The molecule has 2 aliphatic rings. The number of nitrogens with zero attached hydrogens (tertiary/aromatic N) is 2. The fraction of sp³-hybridized carbons (Fsp3) is 0.417. The lowest BCUT2D eigenvalue weighted by molar-refractivity contribution is -0.121. The molecule has 0 spiro atoms. The molecule has 0 aromatic heterocycles. The number of hydrogen-bond donors (Lipinski definition) is 1. The monoisotopic (exact) mass is 443 g/mol. The largest absolute Gasteiger partial charge is 0.370 e. The number of carbonyl (C=O) groups is 2. The highest BCUT2D eigenvalue weighted by atomic mass is 35.5. The molecule has 7 heteroatoms. The van der Waals surface area contributed by atoms with Gasteiger partial charge in [-0.2, -0.15) is 0 Å². The van der Waals surface area contributed by atoms with Gasteiger partial charge in [-0.3, -0.25) is 9.59 Å². The molecule has 164 valence electrons. The summed E-state index contributed by atoms with van der Waals surface area (Å²) in [5.41, 5.74) is 2.33. The van der Waals surface area contributed by atoms with Crippen LogP contribution in [0.4, 0.5) is 15.8 Å². The van der Waals surface area contributed by atoms with Gasteiger partial charge in [0.25, 0.3) is 5.91 Å². The number of rotatable bonds is 4. The van der Waals surface area contributed by atoms with Gasteiger partial charge in [0.1, 0.15) is 5.82 Å². The quantitative estimate of drug-likeness (QED) is 0.732. The van der Waals surface area contributed by atoms with Crippen molar-refractivity contribution in [3.8, 4) is 0 Å². The average molecular weight is 444 g/mol. The van der Waals surface area contributed by atoms with E-state index in [0.717, 1.165) is 31.6 Å². The summed E-state index contributed by atoms with van der Waals surface area (Å²) in [6.07, 6.45) is 3.68. The molecule has 1 N–H and O–H groups in total. The smallest absolute Gasteiger partial charge is 0.257 e. The van der Waals surface area contributed by atoms with E-state index in [0.29, 0.717) is 35.7 Å². The zero-order valence-electron chi connectivity index (χ0n) is 17.7. The molecule has 2 amide bonds. The van der Waals surface area contributed by atoms with Crippen LogP contribution in [-0.2, 0) is 4.79 Å². The second-order valence-electron chi connectivity index (χ2n) is 8.37. The Morgan fingerprint density at radius 3 is 2.61 bits per heavy atom. The lowest BCUT2D eigenvalue weighted by Crippen LogP contribution is -2.44. The Bertz CT molecular complexity index is 971. The molecule has 2 heterocycles. The summed E-state index contributed by atoms with van der Waals surface area (Å²) in [5.74, 6) is -1.34. The van der Waals surface area contributed by atoms with Crippen molar-refractivity contribution < 1.29 is 14.0 Å². The van der Waals surface area contributed by atoms with E-state index < -0.39 is 5.82 Å². The third-order valence-electron chi connectivity index (χ3n) is 6.18. The van der Waals surface area contributed by atoms with Crippen LogP contribution in [0.1, 0.15) is 41.6 Å². The van der Waals surface area contributed by atoms with Crippen molar-refractivity contribution in [2.24, 2.45) is 5.92 Å². The SMILES string of the molecule is Cc1cccc(F)c1C(=O)N1CCC[C@H](C(=O)Nc2ccc(Cl)c(N3CCCC3)c2)C1. The van der Waals surface area contributed by atoms with E-state index in [1.165, 1.54) is 6.07 Å². The number of likely N-dealkylation sites (tertiary alicyclic amines) is 1. The van der Waals surface area contributed by atoms with E-state index in [9.17, 15) is 14.0 Å². The second kappa shape index (κ2) is 9.27. The van der Waals surface area contributed by atoms with Crippen LogP contribution in [0, 0.1) is 18.7 Å². The number of nitrogens with one attached hydrogen (secondary N) is 1. The third kappa shape index (κ3) is 4.69. The first kappa shape index (κ1) is 21.6. The van der Waals surface area contributed by atoms with Crippen molar-refractivity contribution in [1.29, 1.82) is 0 Å². The highest BCUT2D eigenvalue weighted by Crippen LogP contribution is 2.32. The van der Waals surface area contributed by atoms with Gasteiger partial charge in [0, 0.05) is 31.9 Å². The number of carbonyl (C=O) groups excluding carboxylic acids is 2. The minimum atomic E-state index is -0.521. The molecule has 2 aromatic carbocycles. The van der Waals surface area contributed by atoms with Crippen molar-refractivity contribution in [3.05, 3.63) is 58.4 Å². The van der Waals surface area contributed by atoms with E-state index >= 15 is 0 Å². The Morgan fingerprint density at radius 2 is 1.87 bits per heavy atom. The van der Waals surface area contributed by atoms with Gasteiger partial charge in [0.2, 0.25) is 5.91 Å². The maximum absolute atomic E-state index is 14.3. The summed E-state index contributed by atoms with van der Waals surface area (Å²) >= 11 is 6.37. The Balaban J connectivity index is 1.45. The van der Waals surface area contributed by atoms with Crippen LogP contribution >= 0.6 is 11.6 Å². The first-order valence-corrected chi connectivity index (χ1v) is 11.2. The van der Waals surface area contributed by atoms with Crippen LogP contribution in [-0.4, -0.2) is 42.9 Å². The van der Waals surface area contributed by atoms with Crippen molar-refractivity contribution in [2.45, 2.75) is 32.6 Å². The third-order valence-corrected chi connectivity index (χ3v) is 6.50. The standard InChI is InChI=1S/C24H27ClFN3O2/c1-16-6-4-8-20(26)22(16)24(31)29-13-5-7-17(15-29)23(30)27-18-9-10-19(25)21(14-18)28-11-2-3-12-28/h4,6,8-10,14,17H,2-3,5,7,11-13,15H2,1H3,(H,27,30)/t17-/m0/s1. The number of piperidine rings is 1. The fourth-order valence-corrected chi connectivity index (χ4v) is 4.71. The van der Waals surface area contributed by atoms with Crippen molar-refractivity contribution >= 4 is 34.8 Å². The molecular weight excluding hydrogens is 417 g/mol. The van der Waals surface area contributed by atoms with Gasteiger partial charge in [0.15, 0.2) is 0 Å². The second-order valence-corrected chi connectivity index (χ2v) is 8.78. The van der Waals surface area contributed by atoms with Crippen LogP contribution in [0.2, 0.25) is 5.02 Å². The normalized spacial score (nSPS) is 18.9. The van der Waals surface area contributed by atoms with Crippen LogP contribution in [0.25, 0.3) is 0 Å². The molecule has 2 fully saturated rings. The summed E-state index contributed by atoms with van der Waals surface area (Å²) in [6, 6.07) is 10.1. The van der Waals surface area contributed by atoms with E-state index in [1.807, 2.05) is 12.1 Å². The van der Waals surface area contributed by atoms with Gasteiger partial charge in [-0.15, -0.1) is 0 Å². The Morgan fingerprint density at radius 1 is 1.10 bits per heavy atom. The van der Waals surface area contributed by atoms with Crippen molar-refractivity contribution in [3.63, 3.8) is 0 Å². The number of amides is 2. The minimum Gasteiger partial charge on any atom is -0.370 e. The molecule has 2 saturated heterocycles. The summed E-state index contributed by atoms with van der Waals surface area (Å²) < 4.78 is 14.3. The van der Waals surface area contributed by atoms with E-state index in [1.54, 1.807) is 30.0 Å². The predicted molar refractivity (Wildman–Crippen MR) is 121 cm³/mol. The van der Waals surface area contributed by atoms with E-state index in [4.69, 9.17) is 11.6 Å². The van der Waals surface area contributed by atoms with Gasteiger partial charge in [-0.05, 0) is 62.4 Å². The van der Waals surface area contributed by atoms with Gasteiger partial charge >= 0.3 is 0 Å². The topological polar surface area (TPSA) is 52.7 Å². The van der Waals surface area contributed by atoms with Crippen molar-refractivity contribution in [1.82, 2.24) is 4.90 Å². The summed E-state index contributed by atoms with van der Waals surface area (Å²) in [4.78, 5) is 29.7. The van der Waals surface area contributed by atoms with E-state index in [2.05, 4.69) is 10.2 Å². The molecule has 0 saturated carbocycles. The number of hydrogen-bond acceptors (Lipinski definition) is 3. The fourth-order valence-electron chi connectivity index (χ4n) is 4.47. The molecule has 2 aromatic rings. The summed E-state index contributed by atoms with van der Waals surface area (Å²) in [6.45, 7) is 4.46. The molecule has 0 bridgehead atoms. The lowest BCUT2D eigenvalue weighted by atomic mass is 9.95. The first-order valence-electron chi connectivity index (χ1n) is 10.8. The Hall–Kier alpha value is -2.60. The zero-order chi connectivity index (χ0) is 22.0. The van der Waals surface area contributed by atoms with Crippen LogP contribution < -0.4 is 10.2 Å². The number of aryl methyl sites for hydroxylation is 1. The van der Waals surface area contributed by atoms with Gasteiger partial charge in [-0.25, -0.2) is 4.39 Å². The van der Waals surface area contributed by atoms with Crippen LogP contribution in [0.15, 0.2) is 36.4 Å². The molecule has 31 heavy (non-hydrogen) atoms. The molecule has 4 rings (SSSR count). The molecule has 0 aliphatic carbocycles. The molecular formula is C24H27ClFN3O2. The van der Waals surface area contributed by atoms with Crippen LogP contribution in [0.5, 0.6) is 0 Å². The van der Waals surface area contributed by atoms with E-state index in [-0.39, 0.29) is 29.8 Å². The lowest BCUT2D eigenvalue weighted by Gasteiger charge is -2.32. The highest BCUT2D eigenvalue weighted by molar-refractivity contribution is 6.33. The number of benzene rings is 2. The maximum atomic E-state index is 14.3. The number of halogens is 2. The average Bonchev–Trinajstić information content (AvgIpc) is 3.29.